The smallest absolute Gasteiger partial charge is 0.339 e. The van der Waals surface area contributed by atoms with E-state index < -0.39 is 29.7 Å². The molecule has 2 aromatic carbocycles. The molecule has 0 bridgehead atoms. The van der Waals surface area contributed by atoms with E-state index in [1.807, 2.05) is 0 Å². The van der Waals surface area contributed by atoms with Crippen LogP contribution in [0, 0.1) is 5.82 Å². The summed E-state index contributed by atoms with van der Waals surface area (Å²) in [5.41, 5.74) is 5.75. The molecule has 2 N–H and O–H groups in total. The van der Waals surface area contributed by atoms with Crippen molar-refractivity contribution < 1.29 is 23.5 Å². The molecule has 0 saturated carbocycles. The number of nitrogens with one attached hydrogen (secondary N) is 2. The minimum Gasteiger partial charge on any atom is -0.453 e. The number of rotatable bonds is 3. The van der Waals surface area contributed by atoms with Crippen LogP contribution in [0.1, 0.15) is 38.8 Å². The summed E-state index contributed by atoms with van der Waals surface area (Å²) in [6, 6.07) is 11.7. The van der Waals surface area contributed by atoms with Crippen molar-refractivity contribution in [2.75, 3.05) is 0 Å². The Bertz CT molecular complexity index is 804. The number of ether oxygens (including phenoxy) is 1. The molecule has 0 unspecified atom stereocenters. The van der Waals surface area contributed by atoms with Crippen LogP contribution in [-0.4, -0.2) is 17.8 Å². The predicted octanol–water partition coefficient (Wildman–Crippen LogP) is 1.89. The SMILES string of the molecule is O=C(C[C@@H]1OC(=O)c2ccccc21)NNC(=O)c1ccc(F)cc1. The van der Waals surface area contributed by atoms with Crippen molar-refractivity contribution in [2.45, 2.75) is 12.5 Å². The first-order chi connectivity index (χ1) is 11.5. The topological polar surface area (TPSA) is 84.5 Å². The lowest BCUT2D eigenvalue weighted by Gasteiger charge is -2.11. The van der Waals surface area contributed by atoms with Crippen molar-refractivity contribution in [3.8, 4) is 0 Å². The van der Waals surface area contributed by atoms with Crippen LogP contribution in [0.25, 0.3) is 0 Å². The molecule has 0 saturated heterocycles. The van der Waals surface area contributed by atoms with Gasteiger partial charge < -0.3 is 4.74 Å². The van der Waals surface area contributed by atoms with Gasteiger partial charge in [0.05, 0.1) is 12.0 Å². The van der Waals surface area contributed by atoms with Gasteiger partial charge in [-0.15, -0.1) is 0 Å². The third-order valence-corrected chi connectivity index (χ3v) is 3.57. The summed E-state index contributed by atoms with van der Waals surface area (Å²) in [5, 5.41) is 0. The number of benzene rings is 2. The molecule has 1 heterocycles. The lowest BCUT2D eigenvalue weighted by Crippen LogP contribution is -2.42. The van der Waals surface area contributed by atoms with E-state index in [4.69, 9.17) is 4.74 Å². The first-order valence-corrected chi connectivity index (χ1v) is 7.19. The molecule has 0 spiro atoms. The summed E-state index contributed by atoms with van der Waals surface area (Å²) in [6.45, 7) is 0. The van der Waals surface area contributed by atoms with Gasteiger partial charge in [-0.2, -0.15) is 0 Å². The third-order valence-electron chi connectivity index (χ3n) is 3.57. The summed E-state index contributed by atoms with van der Waals surface area (Å²) in [7, 11) is 0. The summed E-state index contributed by atoms with van der Waals surface area (Å²) in [5.74, 6) is -2.02. The van der Waals surface area contributed by atoms with Gasteiger partial charge in [0.2, 0.25) is 5.91 Å². The number of fused-ring (bicyclic) bond motifs is 1. The second-order valence-corrected chi connectivity index (χ2v) is 5.19. The van der Waals surface area contributed by atoms with Crippen molar-refractivity contribution in [1.82, 2.24) is 10.9 Å². The number of halogens is 1. The van der Waals surface area contributed by atoms with Crippen molar-refractivity contribution in [1.29, 1.82) is 0 Å². The normalized spacial score (nSPS) is 15.4. The Kier molecular flexibility index (Phi) is 4.24. The fraction of sp³-hybridized carbons (Fsp3) is 0.118. The fourth-order valence-electron chi connectivity index (χ4n) is 2.39. The molecule has 2 aromatic rings. The molecular weight excluding hydrogens is 315 g/mol. The third kappa shape index (κ3) is 3.24. The summed E-state index contributed by atoms with van der Waals surface area (Å²) in [4.78, 5) is 35.4. The lowest BCUT2D eigenvalue weighted by atomic mass is 10.0. The molecule has 7 heteroatoms. The van der Waals surface area contributed by atoms with Gasteiger partial charge in [-0.25, -0.2) is 9.18 Å². The second-order valence-electron chi connectivity index (χ2n) is 5.19. The van der Waals surface area contributed by atoms with Crippen LogP contribution in [0.15, 0.2) is 48.5 Å². The van der Waals surface area contributed by atoms with Crippen LogP contribution in [0.5, 0.6) is 0 Å². The van der Waals surface area contributed by atoms with Crippen LogP contribution in [0.3, 0.4) is 0 Å². The number of amides is 2. The Morgan fingerprint density at radius 1 is 1.04 bits per heavy atom. The van der Waals surface area contributed by atoms with E-state index in [2.05, 4.69) is 10.9 Å². The largest absolute Gasteiger partial charge is 0.453 e. The van der Waals surface area contributed by atoms with Crippen molar-refractivity contribution in [3.05, 3.63) is 71.0 Å². The van der Waals surface area contributed by atoms with Crippen molar-refractivity contribution in [2.24, 2.45) is 0 Å². The zero-order chi connectivity index (χ0) is 17.1. The molecule has 0 fully saturated rings. The highest BCUT2D eigenvalue weighted by atomic mass is 19.1. The average molecular weight is 328 g/mol. The molecule has 0 aromatic heterocycles. The molecule has 0 radical (unpaired) electrons. The van der Waals surface area contributed by atoms with E-state index in [1.165, 1.54) is 12.1 Å². The standard InChI is InChI=1S/C17H13FN2O4/c18-11-7-5-10(6-8-11)16(22)20-19-15(21)9-14-12-3-1-2-4-13(12)17(23)24-14/h1-8,14H,9H2,(H,19,21)(H,20,22)/t14-/m0/s1. The van der Waals surface area contributed by atoms with Gasteiger partial charge in [0.15, 0.2) is 0 Å². The Labute approximate surface area is 136 Å². The predicted molar refractivity (Wildman–Crippen MR) is 81.2 cm³/mol. The highest BCUT2D eigenvalue weighted by molar-refractivity contribution is 5.96. The fourth-order valence-corrected chi connectivity index (χ4v) is 2.39. The Morgan fingerprint density at radius 2 is 1.75 bits per heavy atom. The number of cyclic esters (lactones) is 1. The zero-order valence-corrected chi connectivity index (χ0v) is 12.4. The number of hydrazine groups is 1. The van der Waals surface area contributed by atoms with Gasteiger partial charge in [0.1, 0.15) is 11.9 Å². The van der Waals surface area contributed by atoms with Crippen molar-refractivity contribution in [3.63, 3.8) is 0 Å². The average Bonchev–Trinajstić information content (AvgIpc) is 2.90. The van der Waals surface area contributed by atoms with Crippen molar-refractivity contribution >= 4 is 17.8 Å². The molecule has 122 valence electrons. The number of carbonyl (C=O) groups is 3. The second kappa shape index (κ2) is 6.49. The Morgan fingerprint density at radius 3 is 2.50 bits per heavy atom. The van der Waals surface area contributed by atoms with Gasteiger partial charge in [-0.1, -0.05) is 18.2 Å². The van der Waals surface area contributed by atoms with E-state index in [0.29, 0.717) is 11.1 Å². The van der Waals surface area contributed by atoms with E-state index >= 15 is 0 Å². The first-order valence-electron chi connectivity index (χ1n) is 7.19. The maximum Gasteiger partial charge on any atom is 0.339 e. The Hall–Kier alpha value is -3.22. The first kappa shape index (κ1) is 15.7. The number of carbonyl (C=O) groups excluding carboxylic acids is 3. The molecule has 2 amide bonds. The molecular formula is C17H13FN2O4. The van der Waals surface area contributed by atoms with Gasteiger partial charge in [-0.05, 0) is 30.3 Å². The van der Waals surface area contributed by atoms with Gasteiger partial charge in [0, 0.05) is 11.1 Å². The van der Waals surface area contributed by atoms with E-state index in [0.717, 1.165) is 12.1 Å². The lowest BCUT2D eigenvalue weighted by molar-refractivity contribution is -0.123. The highest BCUT2D eigenvalue weighted by Crippen LogP contribution is 2.32. The van der Waals surface area contributed by atoms with E-state index in [9.17, 15) is 18.8 Å². The monoisotopic (exact) mass is 328 g/mol. The zero-order valence-electron chi connectivity index (χ0n) is 12.4. The number of hydrogen-bond donors (Lipinski definition) is 2. The molecule has 3 rings (SSSR count). The highest BCUT2D eigenvalue weighted by Gasteiger charge is 2.32. The summed E-state index contributed by atoms with van der Waals surface area (Å²) < 4.78 is 18.0. The molecule has 0 aliphatic carbocycles. The van der Waals surface area contributed by atoms with Gasteiger partial charge >= 0.3 is 5.97 Å². The van der Waals surface area contributed by atoms with E-state index in [-0.39, 0.29) is 12.0 Å². The van der Waals surface area contributed by atoms with Crippen LogP contribution in [0.4, 0.5) is 4.39 Å². The quantitative estimate of drug-likeness (QED) is 0.666. The molecule has 24 heavy (non-hydrogen) atoms. The minimum atomic E-state index is -0.684. The number of hydrogen-bond acceptors (Lipinski definition) is 4. The molecule has 1 atom stereocenters. The minimum absolute atomic E-state index is 0.119. The van der Waals surface area contributed by atoms with Gasteiger partial charge in [0.25, 0.3) is 5.91 Å². The van der Waals surface area contributed by atoms with Crippen LogP contribution < -0.4 is 10.9 Å². The van der Waals surface area contributed by atoms with Crippen LogP contribution in [0.2, 0.25) is 0 Å². The van der Waals surface area contributed by atoms with E-state index in [1.54, 1.807) is 24.3 Å². The van der Waals surface area contributed by atoms with Crippen LogP contribution >= 0.6 is 0 Å². The maximum atomic E-state index is 12.8. The number of esters is 1. The van der Waals surface area contributed by atoms with Crippen LogP contribution in [-0.2, 0) is 9.53 Å². The summed E-state index contributed by atoms with van der Waals surface area (Å²) in [6.07, 6.45) is -0.802. The molecule has 1 aliphatic rings. The molecule has 1 aliphatic heterocycles. The van der Waals surface area contributed by atoms with Gasteiger partial charge in [-0.3, -0.25) is 20.4 Å². The molecule has 6 nitrogen and oxygen atoms in total. The summed E-state index contributed by atoms with van der Waals surface area (Å²) >= 11 is 0. The maximum absolute atomic E-state index is 12.8. The Balaban J connectivity index is 1.56.